The number of fused-ring (bicyclic) bond motifs is 1. The summed E-state index contributed by atoms with van der Waals surface area (Å²) < 4.78 is 5.32. The normalized spacial score (nSPS) is 20.1. The Labute approximate surface area is 178 Å². The van der Waals surface area contributed by atoms with Crippen LogP contribution in [0.4, 0.5) is 0 Å². The van der Waals surface area contributed by atoms with Crippen LogP contribution in [0.3, 0.4) is 0 Å². The molecule has 2 aromatic carbocycles. The third-order valence-corrected chi connectivity index (χ3v) is 6.63. The van der Waals surface area contributed by atoms with Gasteiger partial charge in [-0.15, -0.1) is 0 Å². The van der Waals surface area contributed by atoms with Gasteiger partial charge in [-0.3, -0.25) is 9.59 Å². The monoisotopic (exact) mass is 406 g/mol. The molecule has 0 saturated heterocycles. The lowest BCUT2D eigenvalue weighted by atomic mass is 9.65. The number of carbonyl (C=O) groups excluding carboxylic acids is 2. The Morgan fingerprint density at radius 1 is 1.07 bits per heavy atom. The minimum absolute atomic E-state index is 0.00289. The van der Waals surface area contributed by atoms with Crippen molar-refractivity contribution in [2.45, 2.75) is 50.1 Å². The number of rotatable bonds is 6. The summed E-state index contributed by atoms with van der Waals surface area (Å²) in [6, 6.07) is 17.6. The van der Waals surface area contributed by atoms with E-state index in [1.54, 1.807) is 7.11 Å². The first-order valence-electron chi connectivity index (χ1n) is 10.9. The number of benzene rings is 2. The molecule has 1 atom stereocenters. The van der Waals surface area contributed by atoms with Crippen LogP contribution in [0.5, 0.6) is 0 Å². The molecule has 5 heteroatoms. The van der Waals surface area contributed by atoms with Crippen LogP contribution in [0.15, 0.2) is 54.6 Å². The van der Waals surface area contributed by atoms with Crippen LogP contribution in [0, 0.1) is 0 Å². The Morgan fingerprint density at radius 2 is 1.77 bits per heavy atom. The molecule has 4 rings (SSSR count). The number of hydrogen-bond donors (Lipinski definition) is 1. The van der Waals surface area contributed by atoms with E-state index in [9.17, 15) is 9.59 Å². The number of nitrogens with zero attached hydrogens (tertiary/aromatic N) is 1. The van der Waals surface area contributed by atoms with Crippen LogP contribution in [-0.2, 0) is 16.1 Å². The molecule has 1 N–H and O–H groups in total. The lowest BCUT2D eigenvalue weighted by Crippen LogP contribution is -2.63. The lowest BCUT2D eigenvalue weighted by Gasteiger charge is -2.53. The van der Waals surface area contributed by atoms with E-state index < -0.39 is 5.54 Å². The van der Waals surface area contributed by atoms with Crippen molar-refractivity contribution in [1.29, 1.82) is 0 Å². The van der Waals surface area contributed by atoms with Crippen molar-refractivity contribution in [3.05, 3.63) is 71.3 Å². The maximum absolute atomic E-state index is 13.7. The molecular formula is C25H30N2O3. The van der Waals surface area contributed by atoms with Crippen molar-refractivity contribution in [3.8, 4) is 0 Å². The number of methoxy groups -OCH3 is 1. The Bertz CT molecular complexity index is 890. The van der Waals surface area contributed by atoms with E-state index in [1.807, 2.05) is 59.5 Å². The molecule has 1 heterocycles. The standard InChI is InChI=1S/C25H30N2O3/c1-30-17-16-27-24(29)21-13-7-6-12-20(21)22(25(27)14-8-3-9-15-25)23(28)26-18-19-10-4-2-5-11-19/h2,4-7,10-13,22H,3,8-9,14-18H2,1H3,(H,26,28). The number of amides is 2. The third-order valence-electron chi connectivity index (χ3n) is 6.63. The van der Waals surface area contributed by atoms with Crippen LogP contribution in [-0.4, -0.2) is 42.5 Å². The molecular weight excluding hydrogens is 376 g/mol. The lowest BCUT2D eigenvalue weighted by molar-refractivity contribution is -0.127. The van der Waals surface area contributed by atoms with Gasteiger partial charge < -0.3 is 15.0 Å². The van der Waals surface area contributed by atoms with Crippen LogP contribution >= 0.6 is 0 Å². The van der Waals surface area contributed by atoms with E-state index in [0.717, 1.165) is 43.2 Å². The molecule has 158 valence electrons. The SMILES string of the molecule is COCCN1C(=O)c2ccccc2C(C(=O)NCc2ccccc2)C12CCCCC2. The molecule has 1 fully saturated rings. The summed E-state index contributed by atoms with van der Waals surface area (Å²) in [5.74, 6) is -0.341. The van der Waals surface area contributed by atoms with Crippen molar-refractivity contribution in [1.82, 2.24) is 10.2 Å². The predicted octanol–water partition coefficient (Wildman–Crippen LogP) is 3.89. The maximum Gasteiger partial charge on any atom is 0.254 e. The number of nitrogens with one attached hydrogen (secondary N) is 1. The van der Waals surface area contributed by atoms with E-state index in [2.05, 4.69) is 5.32 Å². The average molecular weight is 407 g/mol. The molecule has 1 saturated carbocycles. The van der Waals surface area contributed by atoms with Crippen LogP contribution in [0.25, 0.3) is 0 Å². The van der Waals surface area contributed by atoms with Crippen molar-refractivity contribution >= 4 is 11.8 Å². The highest BCUT2D eigenvalue weighted by molar-refractivity contribution is 6.02. The smallest absolute Gasteiger partial charge is 0.254 e. The molecule has 2 amide bonds. The summed E-state index contributed by atoms with van der Waals surface area (Å²) in [4.78, 5) is 29.1. The van der Waals surface area contributed by atoms with E-state index >= 15 is 0 Å². The molecule has 5 nitrogen and oxygen atoms in total. The summed E-state index contributed by atoms with van der Waals surface area (Å²) in [6.07, 6.45) is 4.90. The number of ether oxygens (including phenoxy) is 1. The average Bonchev–Trinajstić information content (AvgIpc) is 2.79. The van der Waals surface area contributed by atoms with Gasteiger partial charge >= 0.3 is 0 Å². The number of carbonyl (C=O) groups is 2. The molecule has 2 aromatic rings. The van der Waals surface area contributed by atoms with Gasteiger partial charge in [0.05, 0.1) is 18.1 Å². The molecule has 1 unspecified atom stereocenters. The fraction of sp³-hybridized carbons (Fsp3) is 0.440. The molecule has 30 heavy (non-hydrogen) atoms. The van der Waals surface area contributed by atoms with Crippen molar-refractivity contribution in [3.63, 3.8) is 0 Å². The molecule has 2 aliphatic rings. The molecule has 0 radical (unpaired) electrons. The first-order valence-corrected chi connectivity index (χ1v) is 10.9. The predicted molar refractivity (Wildman–Crippen MR) is 116 cm³/mol. The van der Waals surface area contributed by atoms with Gasteiger partial charge in [-0.2, -0.15) is 0 Å². The highest BCUT2D eigenvalue weighted by Crippen LogP contribution is 2.49. The van der Waals surface area contributed by atoms with Crippen molar-refractivity contribution in [2.75, 3.05) is 20.3 Å². The minimum atomic E-state index is -0.483. The van der Waals surface area contributed by atoms with Gasteiger partial charge in [0, 0.05) is 25.8 Å². The second-order valence-electron chi connectivity index (χ2n) is 8.34. The molecule has 1 aliphatic carbocycles. The van der Waals surface area contributed by atoms with Crippen molar-refractivity contribution in [2.24, 2.45) is 0 Å². The van der Waals surface area contributed by atoms with Gasteiger partial charge in [0.15, 0.2) is 0 Å². The highest BCUT2D eigenvalue weighted by atomic mass is 16.5. The summed E-state index contributed by atoms with van der Waals surface area (Å²) in [5.41, 5.74) is 2.09. The van der Waals surface area contributed by atoms with Gasteiger partial charge in [-0.05, 0) is 30.0 Å². The zero-order valence-electron chi connectivity index (χ0n) is 17.6. The summed E-state index contributed by atoms with van der Waals surface area (Å²) >= 11 is 0. The van der Waals surface area contributed by atoms with Crippen LogP contribution in [0.2, 0.25) is 0 Å². The summed E-state index contributed by atoms with van der Waals surface area (Å²) in [7, 11) is 1.65. The first kappa shape index (κ1) is 20.6. The zero-order chi connectivity index (χ0) is 21.0. The van der Waals surface area contributed by atoms with Crippen LogP contribution < -0.4 is 5.32 Å². The van der Waals surface area contributed by atoms with E-state index in [4.69, 9.17) is 4.74 Å². The van der Waals surface area contributed by atoms with Gasteiger partial charge in [0.25, 0.3) is 5.91 Å². The van der Waals surface area contributed by atoms with Crippen molar-refractivity contribution < 1.29 is 14.3 Å². The molecule has 0 aromatic heterocycles. The fourth-order valence-corrected chi connectivity index (χ4v) is 5.24. The van der Waals surface area contributed by atoms with Crippen LogP contribution in [0.1, 0.15) is 59.5 Å². The molecule has 1 aliphatic heterocycles. The second kappa shape index (κ2) is 9.00. The summed E-state index contributed by atoms with van der Waals surface area (Å²) in [5, 5.41) is 3.16. The Kier molecular flexibility index (Phi) is 6.18. The van der Waals surface area contributed by atoms with E-state index in [0.29, 0.717) is 25.3 Å². The molecule has 0 bridgehead atoms. The second-order valence-corrected chi connectivity index (χ2v) is 8.34. The Hall–Kier alpha value is -2.66. The summed E-state index contributed by atoms with van der Waals surface area (Å²) in [6.45, 7) is 1.46. The van der Waals surface area contributed by atoms with Gasteiger partial charge in [-0.25, -0.2) is 0 Å². The van der Waals surface area contributed by atoms with E-state index in [-0.39, 0.29) is 17.7 Å². The largest absolute Gasteiger partial charge is 0.383 e. The Balaban J connectivity index is 1.72. The zero-order valence-corrected chi connectivity index (χ0v) is 17.6. The third kappa shape index (κ3) is 3.74. The quantitative estimate of drug-likeness (QED) is 0.792. The maximum atomic E-state index is 13.7. The van der Waals surface area contributed by atoms with Gasteiger partial charge in [0.2, 0.25) is 5.91 Å². The fourth-order valence-electron chi connectivity index (χ4n) is 5.24. The molecule has 1 spiro atoms. The number of hydrogen-bond acceptors (Lipinski definition) is 3. The Morgan fingerprint density at radius 3 is 2.50 bits per heavy atom. The van der Waals surface area contributed by atoms with Gasteiger partial charge in [0.1, 0.15) is 0 Å². The minimum Gasteiger partial charge on any atom is -0.383 e. The highest BCUT2D eigenvalue weighted by Gasteiger charge is 2.54. The first-order chi connectivity index (χ1) is 14.7. The topological polar surface area (TPSA) is 58.6 Å². The van der Waals surface area contributed by atoms with E-state index in [1.165, 1.54) is 0 Å². The van der Waals surface area contributed by atoms with Gasteiger partial charge in [-0.1, -0.05) is 67.8 Å².